The minimum Gasteiger partial charge on any atom is -0.493 e. The molecular weight excluding hydrogens is 347 g/mol. The minimum absolute atomic E-state index is 0. The second-order valence-electron chi connectivity index (χ2n) is 6.19. The average molecular weight is 375 g/mol. The van der Waals surface area contributed by atoms with E-state index in [9.17, 15) is 4.79 Å². The van der Waals surface area contributed by atoms with Crippen LogP contribution in [0.2, 0.25) is 5.02 Å². The van der Waals surface area contributed by atoms with E-state index in [-0.39, 0.29) is 18.3 Å². The third-order valence-electron chi connectivity index (χ3n) is 4.28. The van der Waals surface area contributed by atoms with Gasteiger partial charge in [0.1, 0.15) is 5.75 Å². The second kappa shape index (κ2) is 11.6. The Morgan fingerprint density at radius 2 is 2.12 bits per heavy atom. The van der Waals surface area contributed by atoms with Gasteiger partial charge in [-0.3, -0.25) is 4.79 Å². The Morgan fingerprint density at radius 1 is 1.38 bits per heavy atom. The molecule has 1 aliphatic rings. The van der Waals surface area contributed by atoms with Gasteiger partial charge in [0.25, 0.3) is 0 Å². The van der Waals surface area contributed by atoms with Crippen LogP contribution in [0.25, 0.3) is 0 Å². The number of nitrogens with one attached hydrogen (secondary N) is 2. The minimum atomic E-state index is 0. The first-order valence-electron chi connectivity index (χ1n) is 8.51. The lowest BCUT2D eigenvalue weighted by Gasteiger charge is -2.22. The molecule has 1 aromatic rings. The van der Waals surface area contributed by atoms with Gasteiger partial charge in [0, 0.05) is 18.0 Å². The number of benzene rings is 1. The lowest BCUT2D eigenvalue weighted by Crippen LogP contribution is -2.30. The van der Waals surface area contributed by atoms with Gasteiger partial charge in [-0.05, 0) is 75.4 Å². The third-order valence-corrected chi connectivity index (χ3v) is 4.51. The molecule has 0 aromatic heterocycles. The van der Waals surface area contributed by atoms with E-state index in [2.05, 4.69) is 10.6 Å². The van der Waals surface area contributed by atoms with Crippen LogP contribution in [0, 0.1) is 12.8 Å². The summed E-state index contributed by atoms with van der Waals surface area (Å²) in [6, 6.07) is 5.60. The van der Waals surface area contributed by atoms with Crippen molar-refractivity contribution in [3.8, 4) is 5.75 Å². The number of rotatable bonds is 8. The highest BCUT2D eigenvalue weighted by molar-refractivity contribution is 6.30. The number of hydrogen-bond acceptors (Lipinski definition) is 3. The summed E-state index contributed by atoms with van der Waals surface area (Å²) in [5, 5.41) is 7.04. The predicted octanol–water partition coefficient (Wildman–Crippen LogP) is 3.74. The van der Waals surface area contributed by atoms with Crippen molar-refractivity contribution in [2.24, 2.45) is 5.92 Å². The van der Waals surface area contributed by atoms with Crippen molar-refractivity contribution < 1.29 is 9.53 Å². The lowest BCUT2D eigenvalue weighted by atomic mass is 9.93. The van der Waals surface area contributed by atoms with Crippen molar-refractivity contribution in [2.75, 3.05) is 26.2 Å². The van der Waals surface area contributed by atoms with Crippen LogP contribution in [-0.4, -0.2) is 32.1 Å². The Balaban J connectivity index is 0.00000288. The monoisotopic (exact) mass is 374 g/mol. The molecule has 1 heterocycles. The van der Waals surface area contributed by atoms with Gasteiger partial charge >= 0.3 is 0 Å². The maximum Gasteiger partial charge on any atom is 0.220 e. The van der Waals surface area contributed by atoms with E-state index in [4.69, 9.17) is 16.3 Å². The van der Waals surface area contributed by atoms with E-state index < -0.39 is 0 Å². The second-order valence-corrected chi connectivity index (χ2v) is 6.63. The molecule has 0 spiro atoms. The van der Waals surface area contributed by atoms with Gasteiger partial charge in [-0.2, -0.15) is 0 Å². The van der Waals surface area contributed by atoms with Crippen molar-refractivity contribution in [3.05, 3.63) is 28.8 Å². The number of aryl methyl sites for hydroxylation is 1. The standard InChI is InChI=1S/C18H27ClN2O2.ClH/c1-14-13-16(19)4-5-17(14)23-12-2-9-21-18(22)6-3-15-7-10-20-11-8-15;/h4-5,13,15,20H,2-3,6-12H2,1H3,(H,21,22);1H. The number of halogens is 2. The number of hydrogen-bond donors (Lipinski definition) is 2. The van der Waals surface area contributed by atoms with Crippen LogP contribution in [0.15, 0.2) is 18.2 Å². The predicted molar refractivity (Wildman–Crippen MR) is 101 cm³/mol. The summed E-state index contributed by atoms with van der Waals surface area (Å²) in [6.07, 6.45) is 4.85. The smallest absolute Gasteiger partial charge is 0.220 e. The molecule has 0 unspecified atom stereocenters. The van der Waals surface area contributed by atoms with E-state index in [1.165, 1.54) is 12.8 Å². The molecule has 4 nitrogen and oxygen atoms in total. The molecule has 1 amide bonds. The Morgan fingerprint density at radius 3 is 2.83 bits per heavy atom. The van der Waals surface area contributed by atoms with Gasteiger partial charge in [-0.25, -0.2) is 0 Å². The summed E-state index contributed by atoms with van der Waals surface area (Å²) in [5.74, 6) is 1.72. The van der Waals surface area contributed by atoms with Crippen molar-refractivity contribution in [2.45, 2.75) is 39.0 Å². The number of carbonyl (C=O) groups is 1. The molecule has 1 fully saturated rings. The summed E-state index contributed by atoms with van der Waals surface area (Å²) >= 11 is 5.91. The maximum absolute atomic E-state index is 11.8. The van der Waals surface area contributed by atoms with Crippen LogP contribution in [0.3, 0.4) is 0 Å². The average Bonchev–Trinajstić information content (AvgIpc) is 2.55. The zero-order valence-corrected chi connectivity index (χ0v) is 15.8. The number of ether oxygens (including phenoxy) is 1. The molecule has 1 saturated heterocycles. The van der Waals surface area contributed by atoms with Crippen LogP contribution < -0.4 is 15.4 Å². The van der Waals surface area contributed by atoms with Gasteiger partial charge < -0.3 is 15.4 Å². The SMILES string of the molecule is Cc1cc(Cl)ccc1OCCCNC(=O)CCC1CCNCC1.Cl. The first-order chi connectivity index (χ1) is 11.1. The summed E-state index contributed by atoms with van der Waals surface area (Å²) < 4.78 is 5.71. The largest absolute Gasteiger partial charge is 0.493 e. The maximum atomic E-state index is 11.8. The summed E-state index contributed by atoms with van der Waals surface area (Å²) in [5.41, 5.74) is 1.03. The molecule has 2 N–H and O–H groups in total. The zero-order chi connectivity index (χ0) is 16.5. The zero-order valence-electron chi connectivity index (χ0n) is 14.3. The fourth-order valence-electron chi connectivity index (χ4n) is 2.85. The third kappa shape index (κ3) is 7.73. The normalized spacial score (nSPS) is 14.8. The van der Waals surface area contributed by atoms with Gasteiger partial charge in [-0.1, -0.05) is 11.6 Å². The van der Waals surface area contributed by atoms with E-state index in [1.807, 2.05) is 25.1 Å². The molecular formula is C18H28Cl2N2O2. The van der Waals surface area contributed by atoms with Crippen molar-refractivity contribution in [1.29, 1.82) is 0 Å². The van der Waals surface area contributed by atoms with Gasteiger partial charge in [0.2, 0.25) is 5.91 Å². The van der Waals surface area contributed by atoms with Gasteiger partial charge in [-0.15, -0.1) is 12.4 Å². The van der Waals surface area contributed by atoms with Gasteiger partial charge in [0.05, 0.1) is 6.61 Å². The molecule has 0 aliphatic carbocycles. The molecule has 0 radical (unpaired) electrons. The van der Waals surface area contributed by atoms with Crippen LogP contribution >= 0.6 is 24.0 Å². The number of piperidine rings is 1. The molecule has 2 rings (SSSR count). The first kappa shape index (κ1) is 21.1. The van der Waals surface area contributed by atoms with Crippen molar-refractivity contribution >= 4 is 29.9 Å². The fourth-order valence-corrected chi connectivity index (χ4v) is 3.08. The van der Waals surface area contributed by atoms with E-state index in [1.54, 1.807) is 0 Å². The lowest BCUT2D eigenvalue weighted by molar-refractivity contribution is -0.121. The molecule has 1 aromatic carbocycles. The molecule has 6 heteroatoms. The Kier molecular flexibility index (Phi) is 10.2. The molecule has 136 valence electrons. The molecule has 0 saturated carbocycles. The molecule has 24 heavy (non-hydrogen) atoms. The highest BCUT2D eigenvalue weighted by Gasteiger charge is 2.14. The summed E-state index contributed by atoms with van der Waals surface area (Å²) in [6.45, 7) is 5.42. The fraction of sp³-hybridized carbons (Fsp3) is 0.611. The van der Waals surface area contributed by atoms with Crippen LogP contribution in [-0.2, 0) is 4.79 Å². The van der Waals surface area contributed by atoms with E-state index >= 15 is 0 Å². The quantitative estimate of drug-likeness (QED) is 0.681. The van der Waals surface area contributed by atoms with Gasteiger partial charge in [0.15, 0.2) is 0 Å². The number of amides is 1. The topological polar surface area (TPSA) is 50.4 Å². The van der Waals surface area contributed by atoms with Crippen molar-refractivity contribution in [1.82, 2.24) is 10.6 Å². The highest BCUT2D eigenvalue weighted by atomic mass is 35.5. The Bertz CT molecular complexity index is 506. The number of carbonyl (C=O) groups excluding carboxylic acids is 1. The first-order valence-corrected chi connectivity index (χ1v) is 8.89. The molecule has 0 bridgehead atoms. The van der Waals surface area contributed by atoms with Crippen LogP contribution in [0.4, 0.5) is 0 Å². The highest BCUT2D eigenvalue weighted by Crippen LogP contribution is 2.21. The summed E-state index contributed by atoms with van der Waals surface area (Å²) in [4.78, 5) is 11.8. The molecule has 0 atom stereocenters. The van der Waals surface area contributed by atoms with Crippen molar-refractivity contribution in [3.63, 3.8) is 0 Å². The summed E-state index contributed by atoms with van der Waals surface area (Å²) in [7, 11) is 0. The van der Waals surface area contributed by atoms with Crippen LogP contribution in [0.5, 0.6) is 5.75 Å². The van der Waals surface area contributed by atoms with E-state index in [0.29, 0.717) is 25.5 Å². The Hall–Kier alpha value is -0.970. The van der Waals surface area contributed by atoms with E-state index in [0.717, 1.165) is 42.3 Å². The molecule has 1 aliphatic heterocycles. The Labute approximate surface area is 156 Å². The van der Waals surface area contributed by atoms with Crippen LogP contribution in [0.1, 0.15) is 37.7 Å².